The number of aromatic nitrogens is 2. The molecule has 0 saturated heterocycles. The predicted octanol–water partition coefficient (Wildman–Crippen LogP) is 1.04. The molecule has 0 spiro atoms. The van der Waals surface area contributed by atoms with Crippen LogP contribution in [-0.2, 0) is 0 Å². The Hall–Kier alpha value is -1.27. The Morgan fingerprint density at radius 3 is 2.50 bits per heavy atom. The summed E-state index contributed by atoms with van der Waals surface area (Å²) in [6, 6.07) is 7.84. The number of aromatic amines is 1. The number of rotatable bonds is 0. The number of thiocarbonyl (C=S) groups is 1. The minimum Gasteiger partial charge on any atom is -0.377 e. The second-order valence-electron chi connectivity index (χ2n) is 2.48. The molecule has 0 aliphatic rings. The van der Waals surface area contributed by atoms with Crippen molar-refractivity contribution in [2.24, 2.45) is 11.5 Å². The van der Waals surface area contributed by atoms with Gasteiger partial charge in [0.05, 0.1) is 11.0 Å². The molecule has 0 unspecified atom stereocenters. The molecule has 6 heteroatoms. The van der Waals surface area contributed by atoms with Crippen molar-refractivity contribution in [1.82, 2.24) is 9.97 Å². The Labute approximate surface area is 92.1 Å². The van der Waals surface area contributed by atoms with Crippen molar-refractivity contribution in [2.75, 3.05) is 0 Å². The van der Waals surface area contributed by atoms with E-state index in [4.69, 9.17) is 0 Å². The molecule has 1 aromatic heterocycles. The van der Waals surface area contributed by atoms with Gasteiger partial charge in [0.15, 0.2) is 10.3 Å². The van der Waals surface area contributed by atoms with E-state index in [-0.39, 0.29) is 5.11 Å². The molecule has 0 bridgehead atoms. The third-order valence-electron chi connectivity index (χ3n) is 1.38. The highest BCUT2D eigenvalue weighted by atomic mass is 32.1. The maximum atomic E-state index is 4.62. The first-order valence-corrected chi connectivity index (χ1v) is 4.64. The van der Waals surface area contributed by atoms with E-state index in [1.807, 2.05) is 24.3 Å². The van der Waals surface area contributed by atoms with Gasteiger partial charge in [-0.1, -0.05) is 12.1 Å². The lowest BCUT2D eigenvalue weighted by Crippen LogP contribution is -2.18. The summed E-state index contributed by atoms with van der Waals surface area (Å²) in [5, 5.41) is 0.668. The van der Waals surface area contributed by atoms with E-state index in [0.717, 1.165) is 11.0 Å². The van der Waals surface area contributed by atoms with Gasteiger partial charge in [0, 0.05) is 0 Å². The average molecular weight is 226 g/mol. The van der Waals surface area contributed by atoms with Gasteiger partial charge >= 0.3 is 0 Å². The lowest BCUT2D eigenvalue weighted by molar-refractivity contribution is 1.09. The van der Waals surface area contributed by atoms with Crippen molar-refractivity contribution < 1.29 is 0 Å². The largest absolute Gasteiger partial charge is 0.377 e. The van der Waals surface area contributed by atoms with Crippen LogP contribution in [0.5, 0.6) is 0 Å². The molecule has 4 nitrogen and oxygen atoms in total. The van der Waals surface area contributed by atoms with Gasteiger partial charge < -0.3 is 16.5 Å². The SMILES string of the molecule is NC(N)=S.Sc1nc2ccccc2[nH]1. The molecule has 74 valence electrons. The van der Waals surface area contributed by atoms with E-state index in [1.54, 1.807) is 0 Å². The highest BCUT2D eigenvalue weighted by molar-refractivity contribution is 7.80. The summed E-state index contributed by atoms with van der Waals surface area (Å²) < 4.78 is 0. The predicted molar refractivity (Wildman–Crippen MR) is 64.3 cm³/mol. The summed E-state index contributed by atoms with van der Waals surface area (Å²) in [5.41, 5.74) is 11.2. The molecule has 0 aliphatic heterocycles. The van der Waals surface area contributed by atoms with Crippen LogP contribution < -0.4 is 11.5 Å². The lowest BCUT2D eigenvalue weighted by atomic mass is 10.3. The molecule has 1 heterocycles. The number of benzene rings is 1. The van der Waals surface area contributed by atoms with Gasteiger partial charge in [-0.05, 0) is 24.4 Å². The average Bonchev–Trinajstić information content (AvgIpc) is 2.42. The summed E-state index contributed by atoms with van der Waals surface area (Å²) in [7, 11) is 0. The fourth-order valence-electron chi connectivity index (χ4n) is 0.939. The lowest BCUT2D eigenvalue weighted by Gasteiger charge is -1.81. The molecular formula is C8H10N4S2. The van der Waals surface area contributed by atoms with Crippen LogP contribution >= 0.6 is 24.8 Å². The van der Waals surface area contributed by atoms with Crippen LogP contribution in [0.15, 0.2) is 29.4 Å². The molecule has 14 heavy (non-hydrogen) atoms. The highest BCUT2D eigenvalue weighted by Gasteiger charge is 1.94. The van der Waals surface area contributed by atoms with Crippen molar-refractivity contribution in [3.63, 3.8) is 0 Å². The molecule has 0 atom stereocenters. The number of hydrogen-bond donors (Lipinski definition) is 4. The molecule has 0 saturated carbocycles. The van der Waals surface area contributed by atoms with Crippen LogP contribution in [0.1, 0.15) is 0 Å². The molecule has 0 aliphatic carbocycles. The quantitative estimate of drug-likeness (QED) is 0.400. The van der Waals surface area contributed by atoms with Crippen LogP contribution in [0.3, 0.4) is 0 Å². The Bertz CT molecular complexity index is 401. The van der Waals surface area contributed by atoms with Gasteiger partial charge in [-0.25, -0.2) is 4.98 Å². The van der Waals surface area contributed by atoms with Crippen molar-refractivity contribution in [3.05, 3.63) is 24.3 Å². The Morgan fingerprint density at radius 2 is 1.93 bits per heavy atom. The molecule has 5 N–H and O–H groups in total. The molecule has 0 fully saturated rings. The zero-order valence-corrected chi connectivity index (χ0v) is 8.98. The van der Waals surface area contributed by atoms with Gasteiger partial charge in [0.25, 0.3) is 0 Å². The van der Waals surface area contributed by atoms with Crippen molar-refractivity contribution >= 4 is 41.0 Å². The molecule has 0 radical (unpaired) electrons. The smallest absolute Gasteiger partial charge is 0.163 e. The molecule has 2 rings (SSSR count). The summed E-state index contributed by atoms with van der Waals surface area (Å²) in [4.78, 5) is 7.13. The normalized spacial score (nSPS) is 9.21. The fourth-order valence-corrected chi connectivity index (χ4v) is 1.17. The fraction of sp³-hybridized carbons (Fsp3) is 0. The van der Waals surface area contributed by atoms with E-state index in [0.29, 0.717) is 5.16 Å². The second-order valence-corrected chi connectivity index (χ2v) is 3.37. The van der Waals surface area contributed by atoms with Crippen LogP contribution in [0.4, 0.5) is 0 Å². The maximum absolute atomic E-state index is 4.62. The highest BCUT2D eigenvalue weighted by Crippen LogP contribution is 2.11. The summed E-state index contributed by atoms with van der Waals surface area (Å²) >= 11 is 8.17. The Morgan fingerprint density at radius 1 is 1.36 bits per heavy atom. The first-order chi connectivity index (χ1) is 6.59. The number of thiol groups is 1. The number of imidazole rings is 1. The summed E-state index contributed by atoms with van der Waals surface area (Å²) in [5.74, 6) is 0. The minimum atomic E-state index is 0.000000000000000222. The number of nitrogens with zero attached hydrogens (tertiary/aromatic N) is 1. The zero-order valence-electron chi connectivity index (χ0n) is 7.27. The van der Waals surface area contributed by atoms with E-state index >= 15 is 0 Å². The van der Waals surface area contributed by atoms with Crippen LogP contribution in [0.25, 0.3) is 11.0 Å². The maximum Gasteiger partial charge on any atom is 0.163 e. The zero-order chi connectivity index (χ0) is 10.6. The molecule has 0 amide bonds. The number of H-pyrrole nitrogens is 1. The Balaban J connectivity index is 0.000000213. The minimum absolute atomic E-state index is 0.000000000000000222. The van der Waals surface area contributed by atoms with E-state index in [9.17, 15) is 0 Å². The van der Waals surface area contributed by atoms with Crippen molar-refractivity contribution in [2.45, 2.75) is 5.16 Å². The van der Waals surface area contributed by atoms with Crippen LogP contribution in [0, 0.1) is 0 Å². The summed E-state index contributed by atoms with van der Waals surface area (Å²) in [6.45, 7) is 0. The third kappa shape index (κ3) is 3.23. The van der Waals surface area contributed by atoms with Gasteiger partial charge in [-0.3, -0.25) is 0 Å². The van der Waals surface area contributed by atoms with Crippen molar-refractivity contribution in [3.8, 4) is 0 Å². The van der Waals surface area contributed by atoms with Crippen LogP contribution in [0.2, 0.25) is 0 Å². The van der Waals surface area contributed by atoms with Gasteiger partial charge in [-0.2, -0.15) is 0 Å². The first kappa shape index (κ1) is 10.8. The number of fused-ring (bicyclic) bond motifs is 1. The number of hydrogen-bond acceptors (Lipinski definition) is 3. The van der Waals surface area contributed by atoms with E-state index in [1.165, 1.54) is 0 Å². The van der Waals surface area contributed by atoms with Gasteiger partial charge in [0.2, 0.25) is 0 Å². The van der Waals surface area contributed by atoms with Gasteiger partial charge in [0.1, 0.15) is 0 Å². The summed E-state index contributed by atoms with van der Waals surface area (Å²) in [6.07, 6.45) is 0. The standard InChI is InChI=1S/C7H6N2S.CH4N2S/c10-7-8-5-3-1-2-4-6(5)9-7;2-1(3)4/h1-4H,(H2,8,9,10);(H4,2,3,4). The van der Waals surface area contributed by atoms with E-state index in [2.05, 4.69) is 46.3 Å². The monoisotopic (exact) mass is 226 g/mol. The molecule has 1 aromatic carbocycles. The number of para-hydroxylation sites is 2. The Kier molecular flexibility index (Phi) is 3.73. The van der Waals surface area contributed by atoms with Gasteiger partial charge in [-0.15, -0.1) is 12.6 Å². The van der Waals surface area contributed by atoms with E-state index < -0.39 is 0 Å². The topological polar surface area (TPSA) is 80.7 Å². The molecule has 2 aromatic rings. The van der Waals surface area contributed by atoms with Crippen molar-refractivity contribution in [1.29, 1.82) is 0 Å². The first-order valence-electron chi connectivity index (χ1n) is 3.78. The number of nitrogens with two attached hydrogens (primary N) is 2. The number of nitrogens with one attached hydrogen (secondary N) is 1. The third-order valence-corrected chi connectivity index (χ3v) is 1.59. The van der Waals surface area contributed by atoms with Crippen LogP contribution in [-0.4, -0.2) is 15.1 Å². The molecular weight excluding hydrogens is 216 g/mol. The second kappa shape index (κ2) is 4.83.